The monoisotopic (exact) mass is 463 g/mol. The highest BCUT2D eigenvalue weighted by atomic mass is 15.4. The van der Waals surface area contributed by atoms with Gasteiger partial charge in [-0.3, -0.25) is 20.8 Å². The Morgan fingerprint density at radius 2 is 1.31 bits per heavy atom. The van der Waals surface area contributed by atoms with Gasteiger partial charge in [-0.05, 0) is 56.2 Å². The van der Waals surface area contributed by atoms with Crippen molar-refractivity contribution < 1.29 is 0 Å². The summed E-state index contributed by atoms with van der Waals surface area (Å²) in [5.41, 5.74) is 12.2. The van der Waals surface area contributed by atoms with Crippen molar-refractivity contribution in [2.24, 2.45) is 10.2 Å². The summed E-state index contributed by atoms with van der Waals surface area (Å²) in [6, 6.07) is 17.8. The van der Waals surface area contributed by atoms with Crippen molar-refractivity contribution in [1.29, 1.82) is 0 Å². The van der Waals surface area contributed by atoms with Crippen LogP contribution in [0.25, 0.3) is 0 Å². The van der Waals surface area contributed by atoms with Gasteiger partial charge in [-0.1, -0.05) is 18.2 Å². The molecule has 9 heteroatoms. The SMILES string of the molecule is CC(=NNc1cc(NN=C(C)c2ccncc2)nc(N2CCc3ccccc32)n1)c1ccncc1. The minimum Gasteiger partial charge on any atom is -0.310 e. The molecule has 0 atom stereocenters. The zero-order valence-corrected chi connectivity index (χ0v) is 19.6. The van der Waals surface area contributed by atoms with E-state index in [9.17, 15) is 0 Å². The van der Waals surface area contributed by atoms with Gasteiger partial charge in [-0.15, -0.1) is 0 Å². The summed E-state index contributed by atoms with van der Waals surface area (Å²) < 4.78 is 0. The van der Waals surface area contributed by atoms with Crippen LogP contribution >= 0.6 is 0 Å². The molecular weight excluding hydrogens is 438 g/mol. The Bertz CT molecular complexity index is 1290. The summed E-state index contributed by atoms with van der Waals surface area (Å²) in [5, 5.41) is 9.04. The molecule has 0 spiro atoms. The number of hydrogen-bond donors (Lipinski definition) is 2. The molecule has 1 aromatic carbocycles. The van der Waals surface area contributed by atoms with E-state index in [0.29, 0.717) is 17.6 Å². The topological polar surface area (TPSA) is 104 Å². The van der Waals surface area contributed by atoms with Crippen molar-refractivity contribution in [3.63, 3.8) is 0 Å². The normalized spacial score (nSPS) is 13.5. The highest BCUT2D eigenvalue weighted by Crippen LogP contribution is 2.33. The Balaban J connectivity index is 1.46. The highest BCUT2D eigenvalue weighted by Gasteiger charge is 2.23. The molecule has 3 aromatic heterocycles. The van der Waals surface area contributed by atoms with Crippen molar-refractivity contribution in [3.8, 4) is 0 Å². The first-order chi connectivity index (χ1) is 17.2. The number of nitrogens with one attached hydrogen (secondary N) is 2. The number of benzene rings is 1. The molecule has 1 aliphatic heterocycles. The van der Waals surface area contributed by atoms with Crippen LogP contribution in [-0.2, 0) is 6.42 Å². The Labute approximate surface area is 203 Å². The van der Waals surface area contributed by atoms with E-state index in [-0.39, 0.29) is 0 Å². The number of aromatic nitrogens is 4. The summed E-state index contributed by atoms with van der Waals surface area (Å²) in [4.78, 5) is 19.7. The number of fused-ring (bicyclic) bond motifs is 1. The lowest BCUT2D eigenvalue weighted by Gasteiger charge is -2.18. The number of hydrazone groups is 2. The van der Waals surface area contributed by atoms with Crippen LogP contribution in [0.2, 0.25) is 0 Å². The maximum atomic E-state index is 4.75. The van der Waals surface area contributed by atoms with Crippen LogP contribution in [0.3, 0.4) is 0 Å². The van der Waals surface area contributed by atoms with Crippen molar-refractivity contribution in [1.82, 2.24) is 19.9 Å². The second kappa shape index (κ2) is 10.1. The number of anilines is 4. The molecule has 9 nitrogen and oxygen atoms in total. The zero-order chi connectivity index (χ0) is 24.0. The summed E-state index contributed by atoms with van der Waals surface area (Å²) in [5.74, 6) is 1.70. The minimum absolute atomic E-state index is 0.562. The zero-order valence-electron chi connectivity index (χ0n) is 19.6. The molecule has 2 N–H and O–H groups in total. The molecule has 4 heterocycles. The van der Waals surface area contributed by atoms with E-state index in [4.69, 9.17) is 9.97 Å². The van der Waals surface area contributed by atoms with Gasteiger partial charge < -0.3 is 4.90 Å². The van der Waals surface area contributed by atoms with Crippen molar-refractivity contribution in [3.05, 3.63) is 96.1 Å². The molecule has 0 saturated carbocycles. The lowest BCUT2D eigenvalue weighted by Crippen LogP contribution is -2.17. The first kappa shape index (κ1) is 22.1. The van der Waals surface area contributed by atoms with Crippen LogP contribution in [-0.4, -0.2) is 37.9 Å². The molecule has 0 amide bonds. The third kappa shape index (κ3) is 5.14. The lowest BCUT2D eigenvalue weighted by atomic mass is 10.2. The molecular formula is C26H25N9. The van der Waals surface area contributed by atoms with Gasteiger partial charge in [0.25, 0.3) is 0 Å². The second-order valence-electron chi connectivity index (χ2n) is 8.06. The first-order valence-corrected chi connectivity index (χ1v) is 11.3. The predicted molar refractivity (Wildman–Crippen MR) is 139 cm³/mol. The summed E-state index contributed by atoms with van der Waals surface area (Å²) in [6.45, 7) is 4.67. The van der Waals surface area contributed by atoms with Gasteiger partial charge in [-0.2, -0.15) is 20.2 Å². The van der Waals surface area contributed by atoms with E-state index >= 15 is 0 Å². The third-order valence-electron chi connectivity index (χ3n) is 5.72. The van der Waals surface area contributed by atoms with Gasteiger partial charge in [0, 0.05) is 54.2 Å². The molecule has 1 aliphatic rings. The molecule has 0 fully saturated rings. The fourth-order valence-corrected chi connectivity index (χ4v) is 3.81. The molecule has 0 bridgehead atoms. The number of pyridine rings is 2. The fraction of sp³-hybridized carbons (Fsp3) is 0.154. The smallest absolute Gasteiger partial charge is 0.233 e. The van der Waals surface area contributed by atoms with Crippen LogP contribution in [0.5, 0.6) is 0 Å². The summed E-state index contributed by atoms with van der Waals surface area (Å²) in [6.07, 6.45) is 7.92. The molecule has 0 saturated heterocycles. The molecule has 35 heavy (non-hydrogen) atoms. The van der Waals surface area contributed by atoms with Gasteiger partial charge in [0.15, 0.2) is 11.6 Å². The number of para-hydroxylation sites is 1. The van der Waals surface area contributed by atoms with E-state index in [2.05, 4.69) is 54.1 Å². The second-order valence-corrected chi connectivity index (χ2v) is 8.06. The first-order valence-electron chi connectivity index (χ1n) is 11.3. The summed E-state index contributed by atoms with van der Waals surface area (Å²) >= 11 is 0. The van der Waals surface area contributed by atoms with Crippen LogP contribution in [0, 0.1) is 0 Å². The minimum atomic E-state index is 0.562. The average Bonchev–Trinajstić information content (AvgIpc) is 3.35. The van der Waals surface area contributed by atoms with Gasteiger partial charge in [0.1, 0.15) is 0 Å². The fourth-order valence-electron chi connectivity index (χ4n) is 3.81. The van der Waals surface area contributed by atoms with E-state index in [0.717, 1.165) is 41.2 Å². The molecule has 174 valence electrons. The average molecular weight is 464 g/mol. The van der Waals surface area contributed by atoms with Gasteiger partial charge in [-0.25, -0.2) is 0 Å². The Kier molecular flexibility index (Phi) is 6.38. The molecule has 4 aromatic rings. The highest BCUT2D eigenvalue weighted by molar-refractivity contribution is 5.99. The van der Waals surface area contributed by atoms with Gasteiger partial charge in [0.2, 0.25) is 5.95 Å². The predicted octanol–water partition coefficient (Wildman–Crippen LogP) is 4.63. The van der Waals surface area contributed by atoms with Crippen molar-refractivity contribution in [2.75, 3.05) is 22.3 Å². The standard InChI is InChI=1S/C26H25N9/c1-18(20-7-12-27-13-8-20)31-33-24-17-25(34-32-19(2)21-9-14-28-15-10-21)30-26(29-24)35-16-11-22-5-3-4-6-23(22)35/h3-10,12-15,17H,11,16H2,1-2H3,(H2,29,30,33,34). The Morgan fingerprint density at radius 3 is 1.89 bits per heavy atom. The number of nitrogens with zero attached hydrogens (tertiary/aromatic N) is 7. The largest absolute Gasteiger partial charge is 0.310 e. The lowest BCUT2D eigenvalue weighted by molar-refractivity contribution is 0.938. The van der Waals surface area contributed by atoms with Crippen LogP contribution in [0.15, 0.2) is 89.6 Å². The molecule has 0 radical (unpaired) electrons. The molecule has 0 aliphatic carbocycles. The van der Waals surface area contributed by atoms with E-state index in [1.807, 2.05) is 44.2 Å². The van der Waals surface area contributed by atoms with E-state index < -0.39 is 0 Å². The van der Waals surface area contributed by atoms with Crippen molar-refractivity contribution in [2.45, 2.75) is 20.3 Å². The number of rotatable bonds is 7. The van der Waals surface area contributed by atoms with Crippen LogP contribution < -0.4 is 15.8 Å². The maximum Gasteiger partial charge on any atom is 0.233 e. The quantitative estimate of drug-likeness (QED) is 0.304. The Hall–Kier alpha value is -4.66. The molecule has 5 rings (SSSR count). The van der Waals surface area contributed by atoms with Crippen molar-refractivity contribution >= 4 is 34.7 Å². The van der Waals surface area contributed by atoms with E-state index in [1.165, 1.54) is 5.56 Å². The van der Waals surface area contributed by atoms with Gasteiger partial charge >= 0.3 is 0 Å². The molecule has 0 unspecified atom stereocenters. The summed E-state index contributed by atoms with van der Waals surface area (Å²) in [7, 11) is 0. The number of hydrogen-bond acceptors (Lipinski definition) is 9. The Morgan fingerprint density at radius 1 is 0.771 bits per heavy atom. The van der Waals surface area contributed by atoms with E-state index in [1.54, 1.807) is 30.9 Å². The maximum absolute atomic E-state index is 4.75. The van der Waals surface area contributed by atoms with Gasteiger partial charge in [0.05, 0.1) is 11.4 Å². The third-order valence-corrected chi connectivity index (χ3v) is 5.72. The van der Waals surface area contributed by atoms with Crippen LogP contribution in [0.1, 0.15) is 30.5 Å². The van der Waals surface area contributed by atoms with Crippen LogP contribution in [0.4, 0.5) is 23.3 Å².